The molecule has 196 valence electrons. The molecule has 0 bridgehead atoms. The molecule has 3 aromatic rings. The number of aliphatic carboxylic acids is 1. The van der Waals surface area contributed by atoms with Gasteiger partial charge in [0.05, 0.1) is 28.6 Å². The molecule has 4 rings (SSSR count). The van der Waals surface area contributed by atoms with Crippen LogP contribution in [0.1, 0.15) is 17.5 Å². The second-order valence-corrected chi connectivity index (χ2v) is 9.99. The van der Waals surface area contributed by atoms with Crippen molar-refractivity contribution < 1.29 is 49.4 Å². The summed E-state index contributed by atoms with van der Waals surface area (Å²) in [6.45, 7) is -3.22. The van der Waals surface area contributed by atoms with Crippen molar-refractivity contribution in [1.29, 1.82) is 0 Å². The van der Waals surface area contributed by atoms with Gasteiger partial charge in [-0.15, -0.1) is 0 Å². The van der Waals surface area contributed by atoms with Crippen molar-refractivity contribution in [2.75, 3.05) is 4.31 Å². The lowest BCUT2D eigenvalue weighted by atomic mass is 10.0. The van der Waals surface area contributed by atoms with Crippen LogP contribution in [0.4, 0.5) is 32.0 Å². The van der Waals surface area contributed by atoms with Gasteiger partial charge in [0.2, 0.25) is 0 Å². The summed E-state index contributed by atoms with van der Waals surface area (Å²) in [5.74, 6) is -2.73. The minimum atomic E-state index is -4.82. The third-order valence-corrected chi connectivity index (χ3v) is 7.53. The molecule has 1 heterocycles. The zero-order chi connectivity index (χ0) is 27.1. The third kappa shape index (κ3) is 5.50. The van der Waals surface area contributed by atoms with Crippen LogP contribution in [0.15, 0.2) is 65.6 Å². The van der Waals surface area contributed by atoms with Crippen molar-refractivity contribution in [3.05, 3.63) is 77.6 Å². The van der Waals surface area contributed by atoms with Gasteiger partial charge in [-0.25, -0.2) is 12.8 Å². The molecule has 0 radical (unpaired) electrons. The number of hydrogen-bond donors (Lipinski definition) is 1. The largest absolute Gasteiger partial charge is 0.481 e. The molecule has 0 aliphatic carbocycles. The molecule has 0 unspecified atom stereocenters. The van der Waals surface area contributed by atoms with Crippen LogP contribution in [-0.4, -0.2) is 32.1 Å². The Morgan fingerprint density at radius 3 is 2.43 bits per heavy atom. The molecule has 1 atom stereocenters. The van der Waals surface area contributed by atoms with Crippen LogP contribution in [0.5, 0.6) is 5.75 Å². The summed E-state index contributed by atoms with van der Waals surface area (Å²) >= 11 is 0. The molecule has 13 heteroatoms. The van der Waals surface area contributed by atoms with Gasteiger partial charge in [0.25, 0.3) is 10.0 Å². The predicted molar refractivity (Wildman–Crippen MR) is 119 cm³/mol. The van der Waals surface area contributed by atoms with E-state index in [9.17, 15) is 44.7 Å². The maximum Gasteiger partial charge on any atom is 0.416 e. The van der Waals surface area contributed by atoms with Crippen LogP contribution in [0.2, 0.25) is 0 Å². The Morgan fingerprint density at radius 2 is 1.78 bits per heavy atom. The number of sulfonamides is 1. The number of hydrogen-bond acceptors (Lipinski definition) is 4. The van der Waals surface area contributed by atoms with Gasteiger partial charge in [-0.05, 0) is 59.5 Å². The number of carboxylic acid groups (broad SMARTS) is 1. The van der Waals surface area contributed by atoms with Crippen LogP contribution < -0.4 is 9.04 Å². The summed E-state index contributed by atoms with van der Waals surface area (Å²) in [6, 6.07) is 8.91. The number of fused-ring (bicyclic) bond motifs is 1. The predicted octanol–water partition coefficient (Wildman–Crippen LogP) is 5.71. The maximum absolute atomic E-state index is 14.1. The highest BCUT2D eigenvalue weighted by molar-refractivity contribution is 7.92. The van der Waals surface area contributed by atoms with E-state index in [1.807, 2.05) is 0 Å². The first kappa shape index (κ1) is 26.3. The number of carbonyl (C=O) groups is 1. The summed E-state index contributed by atoms with van der Waals surface area (Å²) in [7, 11) is -4.69. The molecule has 0 saturated heterocycles. The fourth-order valence-corrected chi connectivity index (χ4v) is 5.91. The molecule has 1 aliphatic heterocycles. The maximum atomic E-state index is 14.1. The zero-order valence-corrected chi connectivity index (χ0v) is 19.4. The molecular weight excluding hydrogens is 528 g/mol. The topological polar surface area (TPSA) is 83.9 Å². The summed E-state index contributed by atoms with van der Waals surface area (Å²) in [5.41, 5.74) is -0.621. The van der Waals surface area contributed by atoms with Crippen molar-refractivity contribution in [3.63, 3.8) is 0 Å². The quantitative estimate of drug-likeness (QED) is 0.385. The minimum Gasteiger partial charge on any atom is -0.481 e. The average molecular weight is 545 g/mol. The lowest BCUT2D eigenvalue weighted by molar-refractivity contribution is -0.138. The van der Waals surface area contributed by atoms with E-state index < -0.39 is 63.3 Å². The van der Waals surface area contributed by atoms with Gasteiger partial charge < -0.3 is 9.84 Å². The van der Waals surface area contributed by atoms with Crippen LogP contribution in [-0.2, 0) is 27.4 Å². The van der Waals surface area contributed by atoms with Gasteiger partial charge >= 0.3 is 18.8 Å². The van der Waals surface area contributed by atoms with Crippen LogP contribution >= 0.6 is 0 Å². The standard InChI is InChI=1S/C24H17F6NO5S/c25-17-6-15(8-19(11-17)36-23(26)27)13-4-5-14-7-18(12-22(32)33)31(21(14)9-13)37(34,35)20-3-1-2-16(10-20)24(28,29)30/h1-6,8-11,18,23H,7,12H2,(H,32,33)/t18-/m0/s1. The first-order valence-electron chi connectivity index (χ1n) is 10.6. The number of halogens is 6. The first-order valence-corrected chi connectivity index (χ1v) is 12.0. The monoisotopic (exact) mass is 545 g/mol. The van der Waals surface area contributed by atoms with Gasteiger partial charge in [0.1, 0.15) is 11.6 Å². The smallest absolute Gasteiger partial charge is 0.416 e. The van der Waals surface area contributed by atoms with Crippen molar-refractivity contribution in [2.24, 2.45) is 0 Å². The first-order chi connectivity index (χ1) is 17.3. The number of ether oxygens (including phenoxy) is 1. The van der Waals surface area contributed by atoms with Crippen molar-refractivity contribution in [3.8, 4) is 16.9 Å². The average Bonchev–Trinajstić information content (AvgIpc) is 3.14. The normalized spacial score (nSPS) is 15.6. The molecule has 0 saturated carbocycles. The van der Waals surface area contributed by atoms with Crippen molar-refractivity contribution in [2.45, 2.75) is 36.6 Å². The van der Waals surface area contributed by atoms with Gasteiger partial charge in [0, 0.05) is 6.07 Å². The molecule has 6 nitrogen and oxygen atoms in total. The Hall–Kier alpha value is -3.74. The SMILES string of the molecule is O=C(O)C[C@@H]1Cc2ccc(-c3cc(F)cc(OC(F)F)c3)cc2N1S(=O)(=O)c1cccc(C(F)(F)F)c1. The number of alkyl halides is 5. The Morgan fingerprint density at radius 1 is 1.05 bits per heavy atom. The number of nitrogens with zero attached hydrogens (tertiary/aromatic N) is 1. The van der Waals surface area contributed by atoms with E-state index in [4.69, 9.17) is 0 Å². The minimum absolute atomic E-state index is 0.0262. The highest BCUT2D eigenvalue weighted by atomic mass is 32.2. The molecule has 0 fully saturated rings. The van der Waals surface area contributed by atoms with E-state index in [2.05, 4.69) is 4.74 Å². The van der Waals surface area contributed by atoms with E-state index in [1.165, 1.54) is 18.2 Å². The lowest BCUT2D eigenvalue weighted by Gasteiger charge is -2.26. The Labute approximate surface area is 206 Å². The molecular formula is C24H17F6NO5S. The van der Waals surface area contributed by atoms with E-state index in [1.54, 1.807) is 0 Å². The number of anilines is 1. The number of rotatable bonds is 7. The van der Waals surface area contributed by atoms with Crippen molar-refractivity contribution >= 4 is 21.7 Å². The van der Waals surface area contributed by atoms with Crippen LogP contribution in [0.3, 0.4) is 0 Å². The Balaban J connectivity index is 1.83. The van der Waals surface area contributed by atoms with E-state index in [0.29, 0.717) is 17.7 Å². The van der Waals surface area contributed by atoms with Crippen LogP contribution in [0, 0.1) is 5.82 Å². The Kier molecular flexibility index (Phi) is 6.84. The molecule has 0 spiro atoms. The Bertz CT molecular complexity index is 1460. The zero-order valence-electron chi connectivity index (χ0n) is 18.5. The highest BCUT2D eigenvalue weighted by Gasteiger charge is 2.41. The van der Waals surface area contributed by atoms with Gasteiger partial charge in [-0.1, -0.05) is 18.2 Å². The molecule has 0 aromatic heterocycles. The molecule has 37 heavy (non-hydrogen) atoms. The van der Waals surface area contributed by atoms with Gasteiger partial charge in [-0.2, -0.15) is 22.0 Å². The molecule has 1 N–H and O–H groups in total. The summed E-state index contributed by atoms with van der Waals surface area (Å²) in [4.78, 5) is 10.8. The van der Waals surface area contributed by atoms with E-state index in [0.717, 1.165) is 34.6 Å². The number of carboxylic acids is 1. The van der Waals surface area contributed by atoms with E-state index in [-0.39, 0.29) is 23.2 Å². The summed E-state index contributed by atoms with van der Waals surface area (Å²) in [5, 5.41) is 9.34. The molecule has 3 aromatic carbocycles. The molecule has 0 amide bonds. The molecule has 1 aliphatic rings. The second kappa shape index (κ2) is 9.61. The van der Waals surface area contributed by atoms with Crippen molar-refractivity contribution in [1.82, 2.24) is 0 Å². The third-order valence-electron chi connectivity index (χ3n) is 5.67. The fraction of sp³-hybridized carbons (Fsp3) is 0.208. The van der Waals surface area contributed by atoms with E-state index >= 15 is 0 Å². The fourth-order valence-electron chi connectivity index (χ4n) is 4.18. The lowest BCUT2D eigenvalue weighted by Crippen LogP contribution is -2.39. The second-order valence-electron chi connectivity index (χ2n) is 8.18. The summed E-state index contributed by atoms with van der Waals surface area (Å²) < 4.78 is 111. The summed E-state index contributed by atoms with van der Waals surface area (Å²) in [6.07, 6.45) is -5.52. The van der Waals surface area contributed by atoms with Crippen LogP contribution in [0.25, 0.3) is 11.1 Å². The number of benzene rings is 3. The van der Waals surface area contributed by atoms with Gasteiger partial charge in [0.15, 0.2) is 0 Å². The van der Waals surface area contributed by atoms with Gasteiger partial charge in [-0.3, -0.25) is 9.10 Å². The highest BCUT2D eigenvalue weighted by Crippen LogP contribution is 2.41.